The third-order valence-corrected chi connectivity index (χ3v) is 3.25. The molecule has 0 aliphatic heterocycles. The highest BCUT2D eigenvalue weighted by Gasteiger charge is 2.07. The fraction of sp³-hybridized carbons (Fsp3) is 0.636. The molecule has 0 saturated heterocycles. The summed E-state index contributed by atoms with van der Waals surface area (Å²) in [6.45, 7) is 1.46. The van der Waals surface area contributed by atoms with E-state index in [9.17, 15) is 8.42 Å². The van der Waals surface area contributed by atoms with Gasteiger partial charge in [0.25, 0.3) is 0 Å². The van der Waals surface area contributed by atoms with E-state index in [-0.39, 0.29) is 24.0 Å². The molecule has 2 N–H and O–H groups in total. The Morgan fingerprint density at radius 3 is 2.62 bits per heavy atom. The molecule has 21 heavy (non-hydrogen) atoms. The maximum atomic E-state index is 10.9. The normalized spacial score (nSPS) is 11.9. The lowest BCUT2D eigenvalue weighted by molar-refractivity contribution is 0.476. The van der Waals surface area contributed by atoms with Crippen LogP contribution in [0.15, 0.2) is 17.4 Å². The largest absolute Gasteiger partial charge is 0.355 e. The molecule has 10 heteroatoms. The van der Waals surface area contributed by atoms with E-state index in [1.54, 1.807) is 17.9 Å². The van der Waals surface area contributed by atoms with Crippen LogP contribution in [-0.4, -0.2) is 62.5 Å². The first-order valence-corrected chi connectivity index (χ1v) is 8.05. The van der Waals surface area contributed by atoms with Crippen LogP contribution in [0.2, 0.25) is 0 Å². The second-order valence-corrected chi connectivity index (χ2v) is 6.35. The predicted molar refractivity (Wildman–Crippen MR) is 94.3 cm³/mol. The molecule has 0 aromatic carbocycles. The van der Waals surface area contributed by atoms with Crippen LogP contribution in [0, 0.1) is 0 Å². The van der Waals surface area contributed by atoms with Crippen molar-refractivity contribution in [1.29, 1.82) is 0 Å². The zero-order chi connectivity index (χ0) is 15.2. The SMILES string of the molecule is CN=C(NCCNS(C)(=O)=O)N(C)Cc1cnn(C)c1.I. The van der Waals surface area contributed by atoms with E-state index in [0.717, 1.165) is 11.8 Å². The van der Waals surface area contributed by atoms with Crippen molar-refractivity contribution >= 4 is 40.0 Å². The molecule has 0 unspecified atom stereocenters. The molecule has 1 aromatic rings. The molecular formula is C11H23IN6O2S. The van der Waals surface area contributed by atoms with Crippen LogP contribution in [0.5, 0.6) is 0 Å². The number of hydrogen-bond donors (Lipinski definition) is 2. The van der Waals surface area contributed by atoms with Crippen LogP contribution in [0.3, 0.4) is 0 Å². The maximum Gasteiger partial charge on any atom is 0.208 e. The van der Waals surface area contributed by atoms with E-state index < -0.39 is 10.0 Å². The Morgan fingerprint density at radius 1 is 1.48 bits per heavy atom. The van der Waals surface area contributed by atoms with Crippen molar-refractivity contribution in [2.24, 2.45) is 12.0 Å². The summed E-state index contributed by atoms with van der Waals surface area (Å²) in [6, 6.07) is 0. The number of nitrogens with zero attached hydrogens (tertiary/aromatic N) is 4. The Bertz CT molecular complexity index is 557. The highest BCUT2D eigenvalue weighted by molar-refractivity contribution is 14.0. The van der Waals surface area contributed by atoms with Gasteiger partial charge in [-0.25, -0.2) is 13.1 Å². The lowest BCUT2D eigenvalue weighted by Crippen LogP contribution is -2.42. The van der Waals surface area contributed by atoms with E-state index in [0.29, 0.717) is 25.6 Å². The van der Waals surface area contributed by atoms with Gasteiger partial charge in [0.15, 0.2) is 5.96 Å². The molecule has 0 atom stereocenters. The van der Waals surface area contributed by atoms with Gasteiger partial charge in [-0.2, -0.15) is 5.10 Å². The number of nitrogens with one attached hydrogen (secondary N) is 2. The van der Waals surface area contributed by atoms with Crippen LogP contribution < -0.4 is 10.0 Å². The third-order valence-electron chi connectivity index (χ3n) is 2.52. The van der Waals surface area contributed by atoms with Crippen molar-refractivity contribution in [3.63, 3.8) is 0 Å². The average molecular weight is 430 g/mol. The number of hydrogen-bond acceptors (Lipinski definition) is 4. The molecule has 1 rings (SSSR count). The third kappa shape index (κ3) is 8.21. The Hall–Kier alpha value is -0.880. The molecule has 0 fully saturated rings. The summed E-state index contributed by atoms with van der Waals surface area (Å²) in [4.78, 5) is 6.09. The zero-order valence-electron chi connectivity index (χ0n) is 12.7. The second-order valence-electron chi connectivity index (χ2n) is 4.52. The summed E-state index contributed by atoms with van der Waals surface area (Å²) in [6.07, 6.45) is 4.88. The first-order valence-electron chi connectivity index (χ1n) is 6.16. The van der Waals surface area contributed by atoms with Crippen LogP contribution in [-0.2, 0) is 23.6 Å². The van der Waals surface area contributed by atoms with Crippen molar-refractivity contribution in [3.05, 3.63) is 18.0 Å². The summed E-state index contributed by atoms with van der Waals surface area (Å²) in [5, 5.41) is 7.20. The van der Waals surface area contributed by atoms with Gasteiger partial charge in [-0.1, -0.05) is 0 Å². The van der Waals surface area contributed by atoms with E-state index in [1.165, 1.54) is 0 Å². The fourth-order valence-electron chi connectivity index (χ4n) is 1.70. The minimum atomic E-state index is -3.15. The van der Waals surface area contributed by atoms with Gasteiger partial charge < -0.3 is 10.2 Å². The highest BCUT2D eigenvalue weighted by Crippen LogP contribution is 2.01. The van der Waals surface area contributed by atoms with E-state index in [1.807, 2.05) is 25.2 Å². The van der Waals surface area contributed by atoms with E-state index in [4.69, 9.17) is 0 Å². The van der Waals surface area contributed by atoms with Crippen molar-refractivity contribution in [3.8, 4) is 0 Å². The van der Waals surface area contributed by atoms with Crippen LogP contribution >= 0.6 is 24.0 Å². The maximum absolute atomic E-state index is 10.9. The van der Waals surface area contributed by atoms with Gasteiger partial charge in [-0.05, 0) is 0 Å². The predicted octanol–water partition coefficient (Wildman–Crippen LogP) is -0.405. The number of sulfonamides is 1. The highest BCUT2D eigenvalue weighted by atomic mass is 127. The van der Waals surface area contributed by atoms with Gasteiger partial charge in [0.05, 0.1) is 12.5 Å². The quantitative estimate of drug-likeness (QED) is 0.277. The van der Waals surface area contributed by atoms with Crippen LogP contribution in [0.1, 0.15) is 5.56 Å². The van der Waals surface area contributed by atoms with E-state index in [2.05, 4.69) is 20.1 Å². The lowest BCUT2D eigenvalue weighted by atomic mass is 10.3. The molecule has 0 spiro atoms. The lowest BCUT2D eigenvalue weighted by Gasteiger charge is -2.21. The Morgan fingerprint density at radius 2 is 2.14 bits per heavy atom. The molecule has 8 nitrogen and oxygen atoms in total. The molecular weight excluding hydrogens is 407 g/mol. The minimum Gasteiger partial charge on any atom is -0.355 e. The second kappa shape index (κ2) is 9.20. The standard InChI is InChI=1S/C11H22N6O2S.HI/c1-12-11(13-5-6-15-20(4,18)19)16(2)8-10-7-14-17(3)9-10;/h7,9,15H,5-6,8H2,1-4H3,(H,12,13);1H. The summed E-state index contributed by atoms with van der Waals surface area (Å²) >= 11 is 0. The van der Waals surface area contributed by atoms with Gasteiger partial charge >= 0.3 is 0 Å². The fourth-order valence-corrected chi connectivity index (χ4v) is 2.17. The first kappa shape index (κ1) is 20.1. The molecule has 122 valence electrons. The smallest absolute Gasteiger partial charge is 0.208 e. The molecule has 0 aliphatic rings. The van der Waals surface area contributed by atoms with E-state index >= 15 is 0 Å². The van der Waals surface area contributed by atoms with Gasteiger partial charge in [0.2, 0.25) is 10.0 Å². The summed E-state index contributed by atoms with van der Waals surface area (Å²) in [5.74, 6) is 0.698. The number of halogens is 1. The number of rotatable bonds is 6. The van der Waals surface area contributed by atoms with Crippen molar-refractivity contribution < 1.29 is 8.42 Å². The molecule has 1 aromatic heterocycles. The Labute approximate surface area is 143 Å². The molecule has 0 radical (unpaired) electrons. The number of guanidine groups is 1. The first-order chi connectivity index (χ1) is 9.31. The molecule has 1 heterocycles. The van der Waals surface area contributed by atoms with Gasteiger partial charge in [0.1, 0.15) is 0 Å². The monoisotopic (exact) mass is 430 g/mol. The Balaban J connectivity index is 0.00000400. The van der Waals surface area contributed by atoms with Gasteiger partial charge in [-0.3, -0.25) is 9.67 Å². The molecule has 0 bridgehead atoms. The number of aliphatic imine (C=N–C) groups is 1. The van der Waals surface area contributed by atoms with Crippen LogP contribution in [0.25, 0.3) is 0 Å². The van der Waals surface area contributed by atoms with Crippen LogP contribution in [0.4, 0.5) is 0 Å². The average Bonchev–Trinajstić information content (AvgIpc) is 2.73. The minimum absolute atomic E-state index is 0. The van der Waals surface area contributed by atoms with Crippen molar-refractivity contribution in [2.45, 2.75) is 6.54 Å². The summed E-state index contributed by atoms with van der Waals surface area (Å²) in [5.41, 5.74) is 1.08. The number of aromatic nitrogens is 2. The summed E-state index contributed by atoms with van der Waals surface area (Å²) in [7, 11) is 2.31. The van der Waals surface area contributed by atoms with Gasteiger partial charge in [-0.15, -0.1) is 24.0 Å². The zero-order valence-corrected chi connectivity index (χ0v) is 15.8. The van der Waals surface area contributed by atoms with Crippen molar-refractivity contribution in [1.82, 2.24) is 24.7 Å². The molecule has 0 aliphatic carbocycles. The summed E-state index contributed by atoms with van der Waals surface area (Å²) < 4.78 is 26.0. The molecule has 0 amide bonds. The number of aryl methyl sites for hydroxylation is 1. The Kier molecular flexibility index (Phi) is 8.82. The van der Waals surface area contributed by atoms with Crippen molar-refractivity contribution in [2.75, 3.05) is 33.4 Å². The molecule has 0 saturated carbocycles. The van der Waals surface area contributed by atoms with Gasteiger partial charge in [0, 0.05) is 52.5 Å². The topological polar surface area (TPSA) is 91.6 Å².